The van der Waals surface area contributed by atoms with Crippen molar-refractivity contribution in [2.75, 3.05) is 24.1 Å². The van der Waals surface area contributed by atoms with Gasteiger partial charge in [-0.15, -0.1) is 0 Å². The van der Waals surface area contributed by atoms with E-state index >= 15 is 0 Å². The lowest BCUT2D eigenvalue weighted by Crippen LogP contribution is -2.44. The quantitative estimate of drug-likeness (QED) is 0.346. The molecule has 4 aromatic rings. The van der Waals surface area contributed by atoms with Crippen molar-refractivity contribution in [1.29, 1.82) is 0 Å². The summed E-state index contributed by atoms with van der Waals surface area (Å²) in [5, 5.41) is 8.20. The summed E-state index contributed by atoms with van der Waals surface area (Å²) in [4.78, 5) is 35.7. The molecule has 1 saturated heterocycles. The number of carbonyl (C=O) groups excluding carboxylic acids is 2. The first-order valence-electron chi connectivity index (χ1n) is 13.6. The largest absolute Gasteiger partial charge is 0.416 e. The number of rotatable bonds is 5. The number of amides is 2. The number of alkyl halides is 3. The Morgan fingerprint density at radius 2 is 1.73 bits per heavy atom. The molecule has 12 heteroatoms. The van der Waals surface area contributed by atoms with E-state index in [9.17, 15) is 22.8 Å². The highest BCUT2D eigenvalue weighted by Crippen LogP contribution is 2.36. The van der Waals surface area contributed by atoms with Crippen molar-refractivity contribution in [1.82, 2.24) is 24.6 Å². The Kier molecular flexibility index (Phi) is 6.84. The van der Waals surface area contributed by atoms with E-state index in [4.69, 9.17) is 10.8 Å². The second-order valence-electron chi connectivity index (χ2n) is 10.6. The molecule has 212 valence electrons. The fraction of sp³-hybridized carbons (Fsp3) is 0.345. The summed E-state index contributed by atoms with van der Waals surface area (Å²) in [6.07, 6.45) is 2.91. The summed E-state index contributed by atoms with van der Waals surface area (Å²) in [5.41, 5.74) is 7.74. The molecule has 1 aliphatic heterocycles. The third kappa shape index (κ3) is 5.21. The van der Waals surface area contributed by atoms with Crippen LogP contribution in [0.3, 0.4) is 0 Å². The molecule has 9 nitrogen and oxygen atoms in total. The summed E-state index contributed by atoms with van der Waals surface area (Å²) in [6, 6.07) is 9.97. The van der Waals surface area contributed by atoms with Crippen molar-refractivity contribution in [2.45, 2.75) is 44.2 Å². The molecule has 2 fully saturated rings. The van der Waals surface area contributed by atoms with Gasteiger partial charge in [-0.1, -0.05) is 6.42 Å². The monoisotopic (exact) mass is 563 g/mol. The number of benzene rings is 1. The number of halogens is 3. The molecule has 1 unspecified atom stereocenters. The van der Waals surface area contributed by atoms with Crippen molar-refractivity contribution in [2.24, 2.45) is 5.92 Å². The van der Waals surface area contributed by atoms with Gasteiger partial charge in [-0.05, 0) is 68.1 Å². The third-order valence-corrected chi connectivity index (χ3v) is 7.93. The van der Waals surface area contributed by atoms with Crippen LogP contribution in [0.25, 0.3) is 16.6 Å². The standard InChI is InChI=1S/C29H28F3N7O2/c30-29(31,32)20-10-12-34-23(15-20)36-27(40)17-6-8-21(9-7-17)39-25-22(11-13-35-26(25)33)24(37-39)19-5-2-14-38(16-19)28(41)18-3-1-4-18/h6-13,15,18-19H,1-5,14,16H2,(H2,33,35)(H,34,36,40). The molecule has 1 aliphatic carbocycles. The van der Waals surface area contributed by atoms with Gasteiger partial charge in [-0.2, -0.15) is 18.3 Å². The molecule has 0 bridgehead atoms. The molecule has 0 radical (unpaired) electrons. The Bertz CT molecular complexity index is 1610. The maximum absolute atomic E-state index is 13.0. The zero-order valence-corrected chi connectivity index (χ0v) is 22.1. The number of fused-ring (bicyclic) bond motifs is 1. The molecule has 3 aromatic heterocycles. The van der Waals surface area contributed by atoms with Crippen LogP contribution in [0.1, 0.15) is 59.6 Å². The van der Waals surface area contributed by atoms with Crippen molar-refractivity contribution >= 4 is 34.4 Å². The van der Waals surface area contributed by atoms with Crippen LogP contribution < -0.4 is 11.1 Å². The maximum atomic E-state index is 13.0. The van der Waals surface area contributed by atoms with Crippen LogP contribution in [0.15, 0.2) is 54.9 Å². The highest BCUT2D eigenvalue weighted by Gasteiger charge is 2.34. The summed E-state index contributed by atoms with van der Waals surface area (Å²) in [5.74, 6) is -0.0787. The smallest absolute Gasteiger partial charge is 0.382 e. The molecular formula is C29H28F3N7O2. The van der Waals surface area contributed by atoms with Gasteiger partial charge in [0.1, 0.15) is 17.2 Å². The number of anilines is 2. The second kappa shape index (κ2) is 10.5. The zero-order chi connectivity index (χ0) is 28.7. The molecule has 0 spiro atoms. The van der Waals surface area contributed by atoms with Crippen LogP contribution in [-0.2, 0) is 11.0 Å². The summed E-state index contributed by atoms with van der Waals surface area (Å²) >= 11 is 0. The second-order valence-corrected chi connectivity index (χ2v) is 10.6. The van der Waals surface area contributed by atoms with Crippen LogP contribution in [-0.4, -0.2) is 49.6 Å². The van der Waals surface area contributed by atoms with Crippen molar-refractivity contribution in [3.05, 3.63) is 71.7 Å². The SMILES string of the molecule is Nc1nccc2c(C3CCCN(C(=O)C4CCC4)C3)nn(-c3ccc(C(=O)Nc4cc(C(F)(F)F)ccn4)cc3)c12. The van der Waals surface area contributed by atoms with E-state index in [1.165, 1.54) is 0 Å². The number of carbonyl (C=O) groups is 2. The predicted octanol–water partition coefficient (Wildman–Crippen LogP) is 5.17. The number of nitrogens with two attached hydrogens (primary N) is 1. The third-order valence-electron chi connectivity index (χ3n) is 7.93. The van der Waals surface area contributed by atoms with Gasteiger partial charge >= 0.3 is 6.18 Å². The molecule has 3 N–H and O–H groups in total. The number of nitrogens with zero attached hydrogens (tertiary/aromatic N) is 5. The van der Waals surface area contributed by atoms with Crippen molar-refractivity contribution in [3.8, 4) is 5.69 Å². The molecule has 1 atom stereocenters. The van der Waals surface area contributed by atoms with E-state index in [1.54, 1.807) is 35.1 Å². The fourth-order valence-electron chi connectivity index (χ4n) is 5.53. The van der Waals surface area contributed by atoms with E-state index in [-0.39, 0.29) is 29.1 Å². The topological polar surface area (TPSA) is 119 Å². The molecular weight excluding hydrogens is 535 g/mol. The van der Waals surface area contributed by atoms with Gasteiger partial charge < -0.3 is 16.0 Å². The lowest BCUT2D eigenvalue weighted by atomic mass is 9.83. The van der Waals surface area contributed by atoms with Gasteiger partial charge in [0.25, 0.3) is 5.91 Å². The average Bonchev–Trinajstić information content (AvgIpc) is 3.33. The van der Waals surface area contributed by atoms with Crippen LogP contribution in [0, 0.1) is 5.92 Å². The molecule has 41 heavy (non-hydrogen) atoms. The van der Waals surface area contributed by atoms with Gasteiger partial charge in [0.15, 0.2) is 0 Å². The number of pyridine rings is 2. The van der Waals surface area contributed by atoms with Gasteiger partial charge in [0, 0.05) is 48.3 Å². The number of nitrogen functional groups attached to an aromatic ring is 1. The molecule has 1 saturated carbocycles. The number of hydrogen-bond acceptors (Lipinski definition) is 6. The first-order valence-corrected chi connectivity index (χ1v) is 13.6. The van der Waals surface area contributed by atoms with Gasteiger partial charge in [0.05, 0.1) is 16.9 Å². The minimum atomic E-state index is -4.55. The molecule has 2 amide bonds. The van der Waals surface area contributed by atoms with E-state index in [0.29, 0.717) is 23.6 Å². The average molecular weight is 564 g/mol. The highest BCUT2D eigenvalue weighted by atomic mass is 19.4. The minimum absolute atomic E-state index is 0.0448. The van der Waals surface area contributed by atoms with Crippen LogP contribution in [0.5, 0.6) is 0 Å². The summed E-state index contributed by atoms with van der Waals surface area (Å²) < 4.78 is 40.7. The van der Waals surface area contributed by atoms with Crippen LogP contribution in [0.4, 0.5) is 24.8 Å². The van der Waals surface area contributed by atoms with Gasteiger partial charge in [-0.25, -0.2) is 14.6 Å². The highest BCUT2D eigenvalue weighted by molar-refractivity contribution is 6.04. The fourth-order valence-corrected chi connectivity index (χ4v) is 5.53. The van der Waals surface area contributed by atoms with Gasteiger partial charge in [-0.3, -0.25) is 9.59 Å². The Balaban J connectivity index is 1.26. The summed E-state index contributed by atoms with van der Waals surface area (Å²) in [7, 11) is 0. The number of aromatic nitrogens is 4. The number of piperidine rings is 1. The summed E-state index contributed by atoms with van der Waals surface area (Å²) in [6.45, 7) is 1.36. The minimum Gasteiger partial charge on any atom is -0.382 e. The molecule has 1 aromatic carbocycles. The lowest BCUT2D eigenvalue weighted by molar-refractivity contribution is -0.139. The Morgan fingerprint density at radius 1 is 0.976 bits per heavy atom. The predicted molar refractivity (Wildman–Crippen MR) is 146 cm³/mol. The Hall–Kier alpha value is -4.48. The molecule has 2 aliphatic rings. The van der Waals surface area contributed by atoms with E-state index < -0.39 is 17.6 Å². The maximum Gasteiger partial charge on any atom is 0.416 e. The normalized spacial score (nSPS) is 17.8. The van der Waals surface area contributed by atoms with Crippen molar-refractivity contribution < 1.29 is 22.8 Å². The number of likely N-dealkylation sites (tertiary alicyclic amines) is 1. The Labute approximate surface area is 233 Å². The lowest BCUT2D eigenvalue weighted by Gasteiger charge is -2.36. The first-order chi connectivity index (χ1) is 19.7. The van der Waals surface area contributed by atoms with E-state index in [1.807, 2.05) is 11.0 Å². The van der Waals surface area contributed by atoms with Crippen LogP contribution >= 0.6 is 0 Å². The van der Waals surface area contributed by atoms with Crippen LogP contribution in [0.2, 0.25) is 0 Å². The first kappa shape index (κ1) is 26.7. The Morgan fingerprint density at radius 3 is 2.44 bits per heavy atom. The zero-order valence-electron chi connectivity index (χ0n) is 22.1. The number of nitrogens with one attached hydrogen (secondary N) is 1. The number of hydrogen-bond donors (Lipinski definition) is 2. The van der Waals surface area contributed by atoms with E-state index in [2.05, 4.69) is 15.3 Å². The van der Waals surface area contributed by atoms with Crippen molar-refractivity contribution in [3.63, 3.8) is 0 Å². The van der Waals surface area contributed by atoms with Gasteiger partial charge in [0.2, 0.25) is 5.91 Å². The molecule has 6 rings (SSSR count). The molecule has 4 heterocycles. The van der Waals surface area contributed by atoms with E-state index in [0.717, 1.165) is 68.1 Å².